The summed E-state index contributed by atoms with van der Waals surface area (Å²) in [5.74, 6) is 1.01. The van der Waals surface area contributed by atoms with E-state index < -0.39 is 0 Å². The molecular weight excluding hydrogens is 322 g/mol. The maximum Gasteiger partial charge on any atom is 0.271 e. The van der Waals surface area contributed by atoms with E-state index in [0.717, 1.165) is 6.42 Å². The van der Waals surface area contributed by atoms with Crippen molar-refractivity contribution in [2.45, 2.75) is 18.3 Å². The minimum atomic E-state index is -0.152. The lowest BCUT2D eigenvalue weighted by molar-refractivity contribution is 0.0937. The van der Waals surface area contributed by atoms with E-state index in [1.807, 2.05) is 0 Å². The van der Waals surface area contributed by atoms with Crippen molar-refractivity contribution < 1.29 is 4.79 Å². The summed E-state index contributed by atoms with van der Waals surface area (Å²) in [6.07, 6.45) is 5.70. The highest BCUT2D eigenvalue weighted by atomic mass is 16.1. The van der Waals surface area contributed by atoms with Crippen LogP contribution in [0.4, 0.5) is 0 Å². The summed E-state index contributed by atoms with van der Waals surface area (Å²) in [4.78, 5) is 20.4. The Morgan fingerprint density at radius 2 is 1.62 bits per heavy atom. The number of hydrogen-bond donors (Lipinski definition) is 1. The van der Waals surface area contributed by atoms with E-state index in [9.17, 15) is 4.79 Å². The zero-order valence-corrected chi connectivity index (χ0v) is 14.3. The summed E-state index contributed by atoms with van der Waals surface area (Å²) in [6, 6.07) is 17.5. The fraction of sp³-hybridized carbons (Fsp3) is 0.227. The Hall–Kier alpha value is -3.01. The van der Waals surface area contributed by atoms with Crippen molar-refractivity contribution >= 4 is 5.91 Å². The molecular formula is C22H19N3O. The Morgan fingerprint density at radius 3 is 2.23 bits per heavy atom. The Kier molecular flexibility index (Phi) is 3.56. The van der Waals surface area contributed by atoms with Gasteiger partial charge in [-0.1, -0.05) is 48.5 Å². The highest BCUT2D eigenvalue weighted by Gasteiger charge is 2.42. The SMILES string of the molecule is O=C(NC[C@H]1CC2c3ccccc3C1c1ccccc12)c1cnccn1. The first kappa shape index (κ1) is 15.3. The Bertz CT molecular complexity index is 922. The number of fused-ring (bicyclic) bond motifs is 1. The van der Waals surface area contributed by atoms with Gasteiger partial charge in [0, 0.05) is 30.8 Å². The largest absolute Gasteiger partial charge is 0.350 e. The van der Waals surface area contributed by atoms with Crippen LogP contribution >= 0.6 is 0 Å². The van der Waals surface area contributed by atoms with Crippen LogP contribution < -0.4 is 5.32 Å². The van der Waals surface area contributed by atoms with Gasteiger partial charge < -0.3 is 5.32 Å². The molecule has 2 bridgehead atoms. The molecule has 0 aliphatic heterocycles. The number of benzene rings is 2. The second-order valence-electron chi connectivity index (χ2n) is 7.08. The Morgan fingerprint density at radius 1 is 0.962 bits per heavy atom. The molecule has 1 N–H and O–H groups in total. The molecule has 0 fully saturated rings. The minimum absolute atomic E-state index is 0.152. The van der Waals surface area contributed by atoms with Crippen molar-refractivity contribution in [2.75, 3.05) is 6.54 Å². The lowest BCUT2D eigenvalue weighted by Crippen LogP contribution is -2.39. The number of rotatable bonds is 3. The minimum Gasteiger partial charge on any atom is -0.350 e. The Balaban J connectivity index is 1.45. The van der Waals surface area contributed by atoms with Crippen LogP contribution in [0.2, 0.25) is 0 Å². The third kappa shape index (κ3) is 2.33. The van der Waals surface area contributed by atoms with Crippen LogP contribution in [0.5, 0.6) is 0 Å². The number of nitrogens with one attached hydrogen (secondary N) is 1. The van der Waals surface area contributed by atoms with Gasteiger partial charge in [0.05, 0.1) is 6.20 Å². The van der Waals surface area contributed by atoms with Crippen molar-refractivity contribution in [1.29, 1.82) is 0 Å². The van der Waals surface area contributed by atoms with Gasteiger partial charge in [-0.05, 0) is 34.6 Å². The lowest BCUT2D eigenvalue weighted by atomic mass is 9.59. The molecule has 0 saturated heterocycles. The van der Waals surface area contributed by atoms with Crippen molar-refractivity contribution in [1.82, 2.24) is 15.3 Å². The second-order valence-corrected chi connectivity index (χ2v) is 7.08. The third-order valence-electron chi connectivity index (χ3n) is 5.74. The predicted molar refractivity (Wildman–Crippen MR) is 99.0 cm³/mol. The third-order valence-corrected chi connectivity index (χ3v) is 5.74. The normalized spacial score (nSPS) is 22.4. The van der Waals surface area contributed by atoms with Gasteiger partial charge in [-0.2, -0.15) is 0 Å². The molecule has 1 heterocycles. The second kappa shape index (κ2) is 6.06. The first-order valence-corrected chi connectivity index (χ1v) is 9.05. The zero-order chi connectivity index (χ0) is 17.5. The molecule has 26 heavy (non-hydrogen) atoms. The molecule has 0 spiro atoms. The topological polar surface area (TPSA) is 54.9 Å². The number of hydrogen-bond acceptors (Lipinski definition) is 3. The van der Waals surface area contributed by atoms with Crippen LogP contribution in [-0.4, -0.2) is 22.4 Å². The summed E-state index contributed by atoms with van der Waals surface area (Å²) < 4.78 is 0. The van der Waals surface area contributed by atoms with E-state index in [1.54, 1.807) is 12.4 Å². The maximum absolute atomic E-state index is 12.4. The van der Waals surface area contributed by atoms with Crippen molar-refractivity contribution in [3.63, 3.8) is 0 Å². The fourth-order valence-corrected chi connectivity index (χ4v) is 4.69. The predicted octanol–water partition coefficient (Wildman–Crippen LogP) is 3.50. The number of amides is 1. The van der Waals surface area contributed by atoms with E-state index in [-0.39, 0.29) is 5.91 Å². The molecule has 2 aromatic carbocycles. The molecule has 3 aliphatic carbocycles. The molecule has 0 saturated carbocycles. The molecule has 128 valence electrons. The van der Waals surface area contributed by atoms with Gasteiger partial charge in [0.1, 0.15) is 5.69 Å². The summed E-state index contributed by atoms with van der Waals surface area (Å²) in [5, 5.41) is 3.07. The van der Waals surface area contributed by atoms with E-state index in [0.29, 0.717) is 30.0 Å². The van der Waals surface area contributed by atoms with Crippen LogP contribution in [0.1, 0.15) is 51.0 Å². The molecule has 6 rings (SSSR count). The summed E-state index contributed by atoms with van der Waals surface area (Å²) in [5.41, 5.74) is 6.11. The van der Waals surface area contributed by atoms with Gasteiger partial charge in [0.15, 0.2) is 0 Å². The first-order valence-electron chi connectivity index (χ1n) is 9.05. The average Bonchev–Trinajstić information content (AvgIpc) is 2.73. The lowest BCUT2D eigenvalue weighted by Gasteiger charge is -2.45. The van der Waals surface area contributed by atoms with Gasteiger partial charge in [0.2, 0.25) is 0 Å². The molecule has 0 unspecified atom stereocenters. The quantitative estimate of drug-likeness (QED) is 0.793. The number of nitrogens with zero attached hydrogens (tertiary/aromatic N) is 2. The molecule has 4 heteroatoms. The van der Waals surface area contributed by atoms with Gasteiger partial charge in [0.25, 0.3) is 5.91 Å². The summed E-state index contributed by atoms with van der Waals surface area (Å²) >= 11 is 0. The number of carbonyl (C=O) groups is 1. The van der Waals surface area contributed by atoms with Crippen molar-refractivity contribution in [3.8, 4) is 0 Å². The highest BCUT2D eigenvalue weighted by Crippen LogP contribution is 2.55. The van der Waals surface area contributed by atoms with Crippen molar-refractivity contribution in [2.24, 2.45) is 5.92 Å². The van der Waals surface area contributed by atoms with Crippen molar-refractivity contribution in [3.05, 3.63) is 95.1 Å². The molecule has 3 aromatic rings. The van der Waals surface area contributed by atoms with E-state index >= 15 is 0 Å². The summed E-state index contributed by atoms with van der Waals surface area (Å²) in [6.45, 7) is 0.652. The number of carbonyl (C=O) groups excluding carboxylic acids is 1. The molecule has 1 aromatic heterocycles. The molecule has 1 atom stereocenters. The first-order chi connectivity index (χ1) is 12.8. The van der Waals surface area contributed by atoms with Crippen LogP contribution in [0.15, 0.2) is 67.1 Å². The van der Waals surface area contributed by atoms with Gasteiger partial charge in [-0.15, -0.1) is 0 Å². The fourth-order valence-electron chi connectivity index (χ4n) is 4.69. The van der Waals surface area contributed by atoms with Crippen LogP contribution in [-0.2, 0) is 0 Å². The maximum atomic E-state index is 12.4. The van der Waals surface area contributed by atoms with E-state index in [4.69, 9.17) is 0 Å². The smallest absolute Gasteiger partial charge is 0.271 e. The summed E-state index contributed by atoms with van der Waals surface area (Å²) in [7, 11) is 0. The molecule has 4 nitrogen and oxygen atoms in total. The molecule has 1 amide bonds. The van der Waals surface area contributed by atoms with E-state index in [1.165, 1.54) is 28.5 Å². The zero-order valence-electron chi connectivity index (χ0n) is 14.3. The Labute approximate surface area is 152 Å². The van der Waals surface area contributed by atoms with Crippen LogP contribution in [0.25, 0.3) is 0 Å². The van der Waals surface area contributed by atoms with Crippen LogP contribution in [0.3, 0.4) is 0 Å². The van der Waals surface area contributed by atoms with Gasteiger partial charge in [-0.25, -0.2) is 4.98 Å². The standard InChI is InChI=1S/C22H19N3O/c26-22(20-13-23-9-10-24-20)25-12-14-11-19-15-5-1-3-7-17(15)21(14)18-8-4-2-6-16(18)19/h1-10,13-14,19,21H,11-12H2,(H,25,26)/t14-,19?,21?/m1/s1. The molecule has 0 radical (unpaired) electrons. The van der Waals surface area contributed by atoms with Crippen LogP contribution in [0, 0.1) is 5.92 Å². The molecule has 3 aliphatic rings. The van der Waals surface area contributed by atoms with Gasteiger partial charge in [-0.3, -0.25) is 9.78 Å². The highest BCUT2D eigenvalue weighted by molar-refractivity contribution is 5.91. The van der Waals surface area contributed by atoms with Gasteiger partial charge >= 0.3 is 0 Å². The number of aromatic nitrogens is 2. The monoisotopic (exact) mass is 341 g/mol. The average molecular weight is 341 g/mol. The van der Waals surface area contributed by atoms with E-state index in [2.05, 4.69) is 63.8 Å².